The minimum Gasteiger partial charge on any atom is -0.356 e. The van der Waals surface area contributed by atoms with Crippen LogP contribution >= 0.6 is 0 Å². The normalized spacial score (nSPS) is 11.4. The van der Waals surface area contributed by atoms with Gasteiger partial charge in [-0.3, -0.25) is 9.59 Å². The third-order valence-electron chi connectivity index (χ3n) is 6.43. The van der Waals surface area contributed by atoms with Crippen LogP contribution in [0, 0.1) is 5.92 Å². The van der Waals surface area contributed by atoms with E-state index in [0.717, 1.165) is 25.8 Å². The lowest BCUT2D eigenvalue weighted by molar-refractivity contribution is -0.125. The number of carbonyl (C=O) groups excluding carboxylic acids is 2. The lowest BCUT2D eigenvalue weighted by Crippen LogP contribution is -2.33. The molecule has 0 radical (unpaired) electrons. The summed E-state index contributed by atoms with van der Waals surface area (Å²) in [6, 6.07) is 0. The summed E-state index contributed by atoms with van der Waals surface area (Å²) in [4.78, 5) is 24.1. The zero-order chi connectivity index (χ0) is 25.7. The van der Waals surface area contributed by atoms with Crippen LogP contribution in [-0.4, -0.2) is 24.9 Å². The van der Waals surface area contributed by atoms with E-state index in [1.54, 1.807) is 0 Å². The molecule has 0 spiro atoms. The Hall–Kier alpha value is -1.32. The zero-order valence-corrected chi connectivity index (χ0v) is 23.4. The summed E-state index contributed by atoms with van der Waals surface area (Å²) in [7, 11) is 0. The molecule has 0 aliphatic rings. The molecular formula is C30H60N2O2. The van der Waals surface area contributed by atoms with Gasteiger partial charge in [-0.2, -0.15) is 0 Å². The highest BCUT2D eigenvalue weighted by Crippen LogP contribution is 2.13. The third-order valence-corrected chi connectivity index (χ3v) is 6.43. The van der Waals surface area contributed by atoms with E-state index in [2.05, 4.69) is 37.6 Å². The Kier molecular flexibility index (Phi) is 30.5. The zero-order valence-electron chi connectivity index (χ0n) is 23.4. The van der Waals surface area contributed by atoms with Crippen molar-refractivity contribution in [1.82, 2.24) is 10.6 Å². The van der Waals surface area contributed by atoms with E-state index in [-0.39, 0.29) is 17.7 Å². The lowest BCUT2D eigenvalue weighted by atomic mass is 10.0. The van der Waals surface area contributed by atoms with Crippen LogP contribution in [0.3, 0.4) is 0 Å². The summed E-state index contributed by atoms with van der Waals surface area (Å²) in [5, 5.41) is 6.01. The smallest absolute Gasteiger partial charge is 0.222 e. The first-order valence-electron chi connectivity index (χ1n) is 14.7. The van der Waals surface area contributed by atoms with Crippen molar-refractivity contribution >= 4 is 11.8 Å². The van der Waals surface area contributed by atoms with Crippen LogP contribution in [0.25, 0.3) is 0 Å². The minimum absolute atomic E-state index is 0.0396. The number of unbranched alkanes of at least 4 members (excludes halogenated alkanes) is 16. The van der Waals surface area contributed by atoms with Gasteiger partial charge in [-0.1, -0.05) is 124 Å². The van der Waals surface area contributed by atoms with Crippen LogP contribution in [0.2, 0.25) is 0 Å². The Morgan fingerprint density at radius 1 is 0.588 bits per heavy atom. The molecule has 0 saturated heterocycles. The molecule has 4 heteroatoms. The Balaban J connectivity index is 0. The monoisotopic (exact) mass is 480 g/mol. The van der Waals surface area contributed by atoms with E-state index in [9.17, 15) is 9.59 Å². The van der Waals surface area contributed by atoms with Crippen LogP contribution in [-0.2, 0) is 9.59 Å². The van der Waals surface area contributed by atoms with E-state index >= 15 is 0 Å². The highest BCUT2D eigenvalue weighted by Gasteiger charge is 2.12. The van der Waals surface area contributed by atoms with Crippen molar-refractivity contribution in [3.05, 3.63) is 13.2 Å². The largest absolute Gasteiger partial charge is 0.356 e. The van der Waals surface area contributed by atoms with E-state index in [1.807, 2.05) is 6.92 Å². The summed E-state index contributed by atoms with van der Waals surface area (Å²) >= 11 is 0. The van der Waals surface area contributed by atoms with Crippen molar-refractivity contribution in [3.8, 4) is 0 Å². The number of carbonyl (C=O) groups is 2. The maximum absolute atomic E-state index is 12.1. The summed E-state index contributed by atoms with van der Waals surface area (Å²) in [6.45, 7) is 13.8. The molecule has 0 rings (SSSR count). The van der Waals surface area contributed by atoms with Crippen LogP contribution in [0.4, 0.5) is 0 Å². The Morgan fingerprint density at radius 3 is 1.47 bits per heavy atom. The quantitative estimate of drug-likeness (QED) is 0.107. The Bertz CT molecular complexity index is 440. The van der Waals surface area contributed by atoms with E-state index in [0.29, 0.717) is 19.4 Å². The molecule has 0 fully saturated rings. The molecule has 1 atom stereocenters. The molecule has 2 N–H and O–H groups in total. The molecule has 2 amide bonds. The molecule has 0 aromatic heterocycles. The van der Waals surface area contributed by atoms with Gasteiger partial charge in [-0.25, -0.2) is 0 Å². The molecule has 0 aromatic rings. The molecule has 0 aliphatic carbocycles. The third kappa shape index (κ3) is 26.9. The standard InChI is InChI=1S/C28H56N2O2.C2H4/c1-4-6-8-10-11-12-13-14-15-16-17-18-20-22-27(31)29-25-23-26(3)28(32)30-24-21-19-9-7-5-2;1-2/h26H,4-25H2,1-3H3,(H,29,31)(H,30,32);1-2H2. The predicted octanol–water partition coefficient (Wildman–Crippen LogP) is 8.50. The maximum Gasteiger partial charge on any atom is 0.222 e. The second-order valence-electron chi connectivity index (χ2n) is 9.74. The Labute approximate surface area is 213 Å². The molecule has 1 unspecified atom stereocenters. The van der Waals surface area contributed by atoms with Gasteiger partial charge >= 0.3 is 0 Å². The highest BCUT2D eigenvalue weighted by molar-refractivity contribution is 5.78. The topological polar surface area (TPSA) is 58.2 Å². The van der Waals surface area contributed by atoms with Crippen molar-refractivity contribution in [2.45, 2.75) is 149 Å². The van der Waals surface area contributed by atoms with Crippen LogP contribution in [0.1, 0.15) is 149 Å². The fourth-order valence-corrected chi connectivity index (χ4v) is 4.07. The first-order chi connectivity index (χ1) is 16.6. The van der Waals surface area contributed by atoms with Gasteiger partial charge in [0.15, 0.2) is 0 Å². The van der Waals surface area contributed by atoms with Gasteiger partial charge in [0.05, 0.1) is 0 Å². The SMILES string of the molecule is C=C.CCCCCCCCCCCCCCCC(=O)NCCC(C)C(=O)NCCCCCCC. The number of nitrogens with one attached hydrogen (secondary N) is 2. The number of rotatable bonds is 24. The molecular weight excluding hydrogens is 420 g/mol. The molecule has 202 valence electrons. The summed E-state index contributed by atoms with van der Waals surface area (Å²) in [5.74, 6) is 0.213. The first-order valence-corrected chi connectivity index (χ1v) is 14.7. The Morgan fingerprint density at radius 2 is 1.00 bits per heavy atom. The minimum atomic E-state index is -0.0396. The molecule has 0 aliphatic heterocycles. The van der Waals surface area contributed by atoms with Crippen LogP contribution in [0.5, 0.6) is 0 Å². The van der Waals surface area contributed by atoms with Gasteiger partial charge < -0.3 is 10.6 Å². The van der Waals surface area contributed by atoms with Gasteiger partial charge in [0.1, 0.15) is 0 Å². The summed E-state index contributed by atoms with van der Waals surface area (Å²) in [6.07, 6.45) is 24.6. The van der Waals surface area contributed by atoms with Gasteiger partial charge in [0, 0.05) is 25.4 Å². The molecule has 34 heavy (non-hydrogen) atoms. The second kappa shape index (κ2) is 29.7. The van der Waals surface area contributed by atoms with Gasteiger partial charge in [-0.05, 0) is 19.3 Å². The molecule has 0 bridgehead atoms. The number of amides is 2. The lowest BCUT2D eigenvalue weighted by Gasteiger charge is -2.13. The van der Waals surface area contributed by atoms with Crippen molar-refractivity contribution in [1.29, 1.82) is 0 Å². The highest BCUT2D eigenvalue weighted by atomic mass is 16.2. The molecule has 0 aromatic carbocycles. The summed E-state index contributed by atoms with van der Waals surface area (Å²) < 4.78 is 0. The average Bonchev–Trinajstić information content (AvgIpc) is 2.85. The second-order valence-corrected chi connectivity index (χ2v) is 9.74. The molecule has 0 heterocycles. The van der Waals surface area contributed by atoms with Crippen LogP contribution < -0.4 is 10.6 Å². The van der Waals surface area contributed by atoms with Crippen molar-refractivity contribution in [2.24, 2.45) is 5.92 Å². The van der Waals surface area contributed by atoms with E-state index < -0.39 is 0 Å². The predicted molar refractivity (Wildman–Crippen MR) is 150 cm³/mol. The van der Waals surface area contributed by atoms with Crippen molar-refractivity contribution < 1.29 is 9.59 Å². The number of hydrogen-bond donors (Lipinski definition) is 2. The fraction of sp³-hybridized carbons (Fsp3) is 0.867. The van der Waals surface area contributed by atoms with Crippen LogP contribution in [0.15, 0.2) is 13.2 Å². The van der Waals surface area contributed by atoms with Gasteiger partial charge in [0.2, 0.25) is 11.8 Å². The summed E-state index contributed by atoms with van der Waals surface area (Å²) in [5.41, 5.74) is 0. The average molecular weight is 481 g/mol. The number of hydrogen-bond acceptors (Lipinski definition) is 2. The maximum atomic E-state index is 12.1. The fourth-order valence-electron chi connectivity index (χ4n) is 4.07. The van der Waals surface area contributed by atoms with E-state index in [4.69, 9.17) is 0 Å². The first kappa shape index (κ1) is 34.8. The van der Waals surface area contributed by atoms with E-state index in [1.165, 1.54) is 96.3 Å². The molecule has 0 saturated carbocycles. The van der Waals surface area contributed by atoms with Gasteiger partial charge in [-0.15, -0.1) is 13.2 Å². The van der Waals surface area contributed by atoms with Crippen molar-refractivity contribution in [2.75, 3.05) is 13.1 Å². The van der Waals surface area contributed by atoms with Gasteiger partial charge in [0.25, 0.3) is 0 Å². The van der Waals surface area contributed by atoms with Crippen molar-refractivity contribution in [3.63, 3.8) is 0 Å². The molecule has 4 nitrogen and oxygen atoms in total.